The molecule has 1 aliphatic rings. The van der Waals surface area contributed by atoms with Gasteiger partial charge in [0.1, 0.15) is 0 Å². The highest BCUT2D eigenvalue weighted by atomic mass is 32.2. The SMILES string of the molecule is C[C@@H](Sc1n[nH]c(-c2ccccc2)n1)C(=O)N[C@@H]1CCS(=O)(=O)C1. The number of aromatic amines is 1. The van der Waals surface area contributed by atoms with Gasteiger partial charge in [-0.1, -0.05) is 42.1 Å². The molecule has 9 heteroatoms. The van der Waals surface area contributed by atoms with E-state index in [0.29, 0.717) is 17.4 Å². The average molecular weight is 366 g/mol. The molecular formula is C15H18N4O3S2. The van der Waals surface area contributed by atoms with Gasteiger partial charge in [0.15, 0.2) is 15.7 Å². The van der Waals surface area contributed by atoms with Crippen LogP contribution in [0.25, 0.3) is 11.4 Å². The first-order chi connectivity index (χ1) is 11.4. The summed E-state index contributed by atoms with van der Waals surface area (Å²) in [6.45, 7) is 1.75. The number of carbonyl (C=O) groups is 1. The minimum Gasteiger partial charge on any atom is -0.351 e. The molecule has 1 saturated heterocycles. The van der Waals surface area contributed by atoms with E-state index in [4.69, 9.17) is 0 Å². The van der Waals surface area contributed by atoms with Crippen molar-refractivity contribution in [3.8, 4) is 11.4 Å². The molecule has 1 aromatic heterocycles. The van der Waals surface area contributed by atoms with Crippen molar-refractivity contribution in [3.05, 3.63) is 30.3 Å². The summed E-state index contributed by atoms with van der Waals surface area (Å²) in [4.78, 5) is 16.6. The van der Waals surface area contributed by atoms with Gasteiger partial charge < -0.3 is 5.32 Å². The van der Waals surface area contributed by atoms with E-state index in [2.05, 4.69) is 20.5 Å². The number of rotatable bonds is 5. The van der Waals surface area contributed by atoms with Crippen LogP contribution in [-0.2, 0) is 14.6 Å². The van der Waals surface area contributed by atoms with Crippen LogP contribution >= 0.6 is 11.8 Å². The van der Waals surface area contributed by atoms with Gasteiger partial charge in [-0.05, 0) is 13.3 Å². The zero-order valence-corrected chi connectivity index (χ0v) is 14.7. The lowest BCUT2D eigenvalue weighted by atomic mass is 10.2. The summed E-state index contributed by atoms with van der Waals surface area (Å²) in [7, 11) is -3.00. The zero-order chi connectivity index (χ0) is 17.2. The van der Waals surface area contributed by atoms with Gasteiger partial charge >= 0.3 is 0 Å². The van der Waals surface area contributed by atoms with Gasteiger partial charge in [-0.25, -0.2) is 13.4 Å². The largest absolute Gasteiger partial charge is 0.351 e. The number of benzene rings is 1. The number of nitrogens with zero attached hydrogens (tertiary/aromatic N) is 2. The monoisotopic (exact) mass is 366 g/mol. The predicted octanol–water partition coefficient (Wildman–Crippen LogP) is 1.26. The fourth-order valence-corrected chi connectivity index (χ4v) is 4.87. The Morgan fingerprint density at radius 1 is 1.38 bits per heavy atom. The van der Waals surface area contributed by atoms with Crippen molar-refractivity contribution >= 4 is 27.5 Å². The number of sulfone groups is 1. The van der Waals surface area contributed by atoms with Crippen molar-refractivity contribution in [2.24, 2.45) is 0 Å². The maximum Gasteiger partial charge on any atom is 0.233 e. The Hall–Kier alpha value is -1.87. The molecule has 0 radical (unpaired) electrons. The van der Waals surface area contributed by atoms with E-state index in [9.17, 15) is 13.2 Å². The molecule has 2 N–H and O–H groups in total. The smallest absolute Gasteiger partial charge is 0.233 e. The summed E-state index contributed by atoms with van der Waals surface area (Å²) < 4.78 is 22.9. The highest BCUT2D eigenvalue weighted by Crippen LogP contribution is 2.23. The molecule has 1 aliphatic heterocycles. The molecule has 2 atom stereocenters. The lowest BCUT2D eigenvalue weighted by molar-refractivity contribution is -0.120. The molecular weight excluding hydrogens is 348 g/mol. The third-order valence-corrected chi connectivity index (χ3v) is 6.47. The topological polar surface area (TPSA) is 105 Å². The lowest BCUT2D eigenvalue weighted by Gasteiger charge is -2.14. The number of H-pyrrole nitrogens is 1. The maximum absolute atomic E-state index is 12.2. The van der Waals surface area contributed by atoms with E-state index in [0.717, 1.165) is 5.56 Å². The van der Waals surface area contributed by atoms with Gasteiger partial charge in [-0.2, -0.15) is 0 Å². The Morgan fingerprint density at radius 2 is 2.12 bits per heavy atom. The van der Waals surface area contributed by atoms with Crippen molar-refractivity contribution in [3.63, 3.8) is 0 Å². The lowest BCUT2D eigenvalue weighted by Crippen LogP contribution is -2.39. The standard InChI is InChI=1S/C15H18N4O3S2/c1-10(14(20)16-12-7-8-24(21,22)9-12)23-15-17-13(18-19-15)11-5-3-2-4-6-11/h2-6,10,12H,7-9H2,1H3,(H,16,20)(H,17,18,19)/t10-,12-/m1/s1. The Labute approximate surface area is 144 Å². The van der Waals surface area contributed by atoms with Crippen molar-refractivity contribution < 1.29 is 13.2 Å². The minimum absolute atomic E-state index is 0.0228. The van der Waals surface area contributed by atoms with Crippen LogP contribution in [-0.4, -0.2) is 52.3 Å². The van der Waals surface area contributed by atoms with Gasteiger partial charge in [0, 0.05) is 11.6 Å². The fraction of sp³-hybridized carbons (Fsp3) is 0.400. The molecule has 24 heavy (non-hydrogen) atoms. The third kappa shape index (κ3) is 4.15. The number of hydrogen-bond acceptors (Lipinski definition) is 6. The second-order valence-corrected chi connectivity index (χ2v) is 9.24. The Morgan fingerprint density at radius 3 is 2.79 bits per heavy atom. The normalized spacial score (nSPS) is 20.6. The Bertz CT molecular complexity index is 820. The summed E-state index contributed by atoms with van der Waals surface area (Å²) in [5.74, 6) is 0.608. The Balaban J connectivity index is 1.58. The molecule has 128 valence electrons. The quantitative estimate of drug-likeness (QED) is 0.772. The van der Waals surface area contributed by atoms with Crippen LogP contribution in [0.15, 0.2) is 35.5 Å². The van der Waals surface area contributed by atoms with Gasteiger partial charge in [0.25, 0.3) is 0 Å². The first kappa shape index (κ1) is 17.0. The van der Waals surface area contributed by atoms with E-state index in [-0.39, 0.29) is 23.5 Å². The molecule has 0 aliphatic carbocycles. The molecule has 2 heterocycles. The molecule has 0 unspecified atom stereocenters. The molecule has 0 saturated carbocycles. The molecule has 0 bridgehead atoms. The van der Waals surface area contributed by atoms with Crippen LogP contribution in [0.4, 0.5) is 0 Å². The second-order valence-electron chi connectivity index (χ2n) is 5.70. The number of hydrogen-bond donors (Lipinski definition) is 2. The van der Waals surface area contributed by atoms with E-state index in [1.165, 1.54) is 11.8 Å². The molecule has 7 nitrogen and oxygen atoms in total. The number of carbonyl (C=O) groups excluding carboxylic acids is 1. The molecule has 1 amide bonds. The van der Waals surface area contributed by atoms with Gasteiger partial charge in [-0.15, -0.1) is 5.10 Å². The van der Waals surface area contributed by atoms with Crippen LogP contribution in [0.2, 0.25) is 0 Å². The van der Waals surface area contributed by atoms with Crippen LogP contribution in [0.3, 0.4) is 0 Å². The van der Waals surface area contributed by atoms with Crippen LogP contribution in [0, 0.1) is 0 Å². The first-order valence-corrected chi connectivity index (χ1v) is 10.3. The van der Waals surface area contributed by atoms with Crippen molar-refractivity contribution in [2.45, 2.75) is 29.8 Å². The predicted molar refractivity (Wildman–Crippen MR) is 92.3 cm³/mol. The van der Waals surface area contributed by atoms with Crippen molar-refractivity contribution in [1.82, 2.24) is 20.5 Å². The summed E-state index contributed by atoms with van der Waals surface area (Å²) in [5.41, 5.74) is 0.921. The third-order valence-electron chi connectivity index (χ3n) is 3.74. The molecule has 3 rings (SSSR count). The van der Waals surface area contributed by atoms with Crippen LogP contribution < -0.4 is 5.32 Å². The minimum atomic E-state index is -3.00. The summed E-state index contributed by atoms with van der Waals surface area (Å²) in [6, 6.07) is 9.30. The fourth-order valence-electron chi connectivity index (χ4n) is 2.46. The second kappa shape index (κ2) is 6.94. The Kier molecular flexibility index (Phi) is 4.91. The number of amides is 1. The number of nitrogens with one attached hydrogen (secondary N) is 2. The average Bonchev–Trinajstić information content (AvgIpc) is 3.14. The van der Waals surface area contributed by atoms with Crippen LogP contribution in [0.1, 0.15) is 13.3 Å². The van der Waals surface area contributed by atoms with Gasteiger partial charge in [0.05, 0.1) is 16.8 Å². The van der Waals surface area contributed by atoms with E-state index < -0.39 is 15.1 Å². The van der Waals surface area contributed by atoms with Gasteiger partial charge in [0.2, 0.25) is 11.1 Å². The highest BCUT2D eigenvalue weighted by molar-refractivity contribution is 8.00. The summed E-state index contributed by atoms with van der Waals surface area (Å²) >= 11 is 1.24. The number of aromatic nitrogens is 3. The maximum atomic E-state index is 12.2. The summed E-state index contributed by atoms with van der Waals surface area (Å²) in [6.07, 6.45) is 0.476. The van der Waals surface area contributed by atoms with Crippen LogP contribution in [0.5, 0.6) is 0 Å². The molecule has 0 spiro atoms. The first-order valence-electron chi connectivity index (χ1n) is 7.58. The van der Waals surface area contributed by atoms with E-state index >= 15 is 0 Å². The highest BCUT2D eigenvalue weighted by Gasteiger charge is 2.30. The van der Waals surface area contributed by atoms with Gasteiger partial charge in [-0.3, -0.25) is 9.89 Å². The molecule has 1 aromatic carbocycles. The van der Waals surface area contributed by atoms with Crippen molar-refractivity contribution in [1.29, 1.82) is 0 Å². The molecule has 2 aromatic rings. The van der Waals surface area contributed by atoms with Crippen molar-refractivity contribution in [2.75, 3.05) is 11.5 Å². The van der Waals surface area contributed by atoms with E-state index in [1.54, 1.807) is 6.92 Å². The molecule has 1 fully saturated rings. The summed E-state index contributed by atoms with van der Waals surface area (Å²) in [5, 5.41) is 9.84. The van der Waals surface area contributed by atoms with E-state index in [1.807, 2.05) is 30.3 Å². The number of thioether (sulfide) groups is 1. The zero-order valence-electron chi connectivity index (χ0n) is 13.1.